The van der Waals surface area contributed by atoms with Gasteiger partial charge in [-0.15, -0.1) is 0 Å². The number of hydrogen-bond acceptors (Lipinski definition) is 7. The second-order valence-electron chi connectivity index (χ2n) is 5.84. The van der Waals surface area contributed by atoms with Crippen LogP contribution in [0.3, 0.4) is 0 Å². The van der Waals surface area contributed by atoms with Gasteiger partial charge >= 0.3 is 0 Å². The summed E-state index contributed by atoms with van der Waals surface area (Å²) >= 11 is 0. The first kappa shape index (κ1) is 16.6. The van der Waals surface area contributed by atoms with Crippen molar-refractivity contribution in [2.45, 2.75) is 49.8 Å². The second kappa shape index (κ2) is 6.72. The lowest BCUT2D eigenvalue weighted by Crippen LogP contribution is -2.63. The number of rotatable bonds is 3. The van der Waals surface area contributed by atoms with Gasteiger partial charge in [-0.2, -0.15) is 0 Å². The third-order valence-electron chi connectivity index (χ3n) is 4.35. The van der Waals surface area contributed by atoms with Crippen LogP contribution in [0.5, 0.6) is 5.75 Å². The van der Waals surface area contributed by atoms with E-state index in [9.17, 15) is 15.3 Å². The van der Waals surface area contributed by atoms with E-state index in [-0.39, 0.29) is 6.10 Å². The number of benzene rings is 1. The largest absolute Gasteiger partial charge is 0.497 e. The minimum atomic E-state index is -1.23. The molecule has 0 amide bonds. The van der Waals surface area contributed by atoms with Gasteiger partial charge in [0.2, 0.25) is 0 Å². The van der Waals surface area contributed by atoms with Crippen LogP contribution in [-0.2, 0) is 14.2 Å². The summed E-state index contributed by atoms with van der Waals surface area (Å²) < 4.78 is 22.4. The summed E-state index contributed by atoms with van der Waals surface area (Å²) in [6.45, 7) is 1.45. The average molecular weight is 326 g/mol. The Morgan fingerprint density at radius 1 is 1.04 bits per heavy atom. The monoisotopic (exact) mass is 326 g/mol. The zero-order valence-corrected chi connectivity index (χ0v) is 13.0. The van der Waals surface area contributed by atoms with E-state index in [0.717, 1.165) is 11.3 Å². The van der Waals surface area contributed by atoms with Crippen molar-refractivity contribution in [3.05, 3.63) is 29.8 Å². The number of aliphatic hydroxyl groups excluding tert-OH is 3. The summed E-state index contributed by atoms with van der Waals surface area (Å²) in [5.41, 5.74) is 0.878. The van der Waals surface area contributed by atoms with E-state index in [4.69, 9.17) is 18.9 Å². The van der Waals surface area contributed by atoms with Crippen molar-refractivity contribution in [2.75, 3.05) is 13.7 Å². The number of hydrogen-bond donors (Lipinski definition) is 3. The third kappa shape index (κ3) is 3.08. The summed E-state index contributed by atoms with van der Waals surface area (Å²) in [6, 6.07) is 7.38. The molecule has 7 heteroatoms. The lowest BCUT2D eigenvalue weighted by Gasteiger charge is -2.48. The Labute approximate surface area is 134 Å². The molecule has 128 valence electrons. The Hall–Kier alpha value is -1.22. The van der Waals surface area contributed by atoms with Gasteiger partial charge in [0, 0.05) is 0 Å². The Kier molecular flexibility index (Phi) is 4.86. The highest BCUT2D eigenvalue weighted by atomic mass is 16.7. The highest BCUT2D eigenvalue weighted by Crippen LogP contribution is 2.37. The van der Waals surface area contributed by atoms with Crippen LogP contribution < -0.4 is 4.74 Å². The Morgan fingerprint density at radius 3 is 2.35 bits per heavy atom. The maximum atomic E-state index is 10.2. The molecule has 2 saturated heterocycles. The molecule has 1 aromatic carbocycles. The van der Waals surface area contributed by atoms with E-state index in [2.05, 4.69) is 0 Å². The molecule has 0 unspecified atom stereocenters. The maximum Gasteiger partial charge on any atom is 0.187 e. The molecule has 0 saturated carbocycles. The van der Waals surface area contributed by atoms with Gasteiger partial charge in [0.1, 0.15) is 36.3 Å². The van der Waals surface area contributed by atoms with E-state index in [1.807, 2.05) is 31.2 Å². The normalized spacial score (nSPS) is 40.5. The minimum Gasteiger partial charge on any atom is -0.497 e. The van der Waals surface area contributed by atoms with Gasteiger partial charge in [0.15, 0.2) is 6.29 Å². The van der Waals surface area contributed by atoms with E-state index in [0.29, 0.717) is 0 Å². The average Bonchev–Trinajstić information content (AvgIpc) is 2.58. The van der Waals surface area contributed by atoms with Crippen LogP contribution in [0.25, 0.3) is 0 Å². The van der Waals surface area contributed by atoms with Gasteiger partial charge in [0.25, 0.3) is 0 Å². The van der Waals surface area contributed by atoms with E-state index in [1.54, 1.807) is 7.11 Å². The van der Waals surface area contributed by atoms with Crippen LogP contribution >= 0.6 is 0 Å². The van der Waals surface area contributed by atoms with Crippen molar-refractivity contribution in [3.8, 4) is 5.75 Å². The Morgan fingerprint density at radius 2 is 1.74 bits per heavy atom. The fraction of sp³-hybridized carbons (Fsp3) is 0.625. The molecular formula is C16H22O7. The Bertz CT molecular complexity index is 520. The quantitative estimate of drug-likeness (QED) is 0.718. The predicted molar refractivity (Wildman–Crippen MR) is 78.9 cm³/mol. The highest BCUT2D eigenvalue weighted by molar-refractivity contribution is 5.29. The van der Waals surface area contributed by atoms with Crippen LogP contribution in [0.4, 0.5) is 0 Å². The number of fused-ring (bicyclic) bond motifs is 1. The number of aliphatic hydroxyl groups is 3. The zero-order chi connectivity index (χ0) is 16.6. The highest BCUT2D eigenvalue weighted by Gasteiger charge is 2.50. The molecule has 2 aliphatic rings. The van der Waals surface area contributed by atoms with Gasteiger partial charge < -0.3 is 34.3 Å². The van der Waals surface area contributed by atoms with E-state index < -0.39 is 43.4 Å². The molecule has 2 aliphatic heterocycles. The first-order chi connectivity index (χ1) is 11.0. The molecule has 2 heterocycles. The van der Waals surface area contributed by atoms with Crippen molar-refractivity contribution in [1.82, 2.24) is 0 Å². The van der Waals surface area contributed by atoms with Crippen LogP contribution in [0.2, 0.25) is 0 Å². The van der Waals surface area contributed by atoms with Gasteiger partial charge in [-0.05, 0) is 24.6 Å². The van der Waals surface area contributed by atoms with Gasteiger partial charge in [0.05, 0.1) is 19.8 Å². The van der Waals surface area contributed by atoms with Crippen LogP contribution in [0, 0.1) is 0 Å². The standard InChI is InChI=1S/C16H22O7/c1-8-14(9-3-5-10(20-2)6-4-9)23-15-13(19)12(18)11(7-17)22-16(15)21-8/h3-6,8,11-19H,7H2,1-2H3/t8-,11+,12+,13-,14+,15-,16-/m0/s1. The molecule has 7 atom stereocenters. The Balaban J connectivity index is 1.78. The molecule has 0 aromatic heterocycles. The topological polar surface area (TPSA) is 97.6 Å². The second-order valence-corrected chi connectivity index (χ2v) is 5.84. The predicted octanol–water partition coefficient (Wildman–Crippen LogP) is -0.0208. The zero-order valence-electron chi connectivity index (χ0n) is 13.0. The van der Waals surface area contributed by atoms with E-state index >= 15 is 0 Å². The molecule has 0 radical (unpaired) electrons. The third-order valence-corrected chi connectivity index (χ3v) is 4.35. The molecule has 0 spiro atoms. The van der Waals surface area contributed by atoms with Crippen molar-refractivity contribution >= 4 is 0 Å². The summed E-state index contributed by atoms with van der Waals surface area (Å²) in [5, 5.41) is 29.4. The summed E-state index contributed by atoms with van der Waals surface area (Å²) in [5.74, 6) is 0.734. The summed E-state index contributed by atoms with van der Waals surface area (Å²) in [4.78, 5) is 0. The molecular weight excluding hydrogens is 304 g/mol. The van der Waals surface area contributed by atoms with Crippen molar-refractivity contribution < 1.29 is 34.3 Å². The fourth-order valence-corrected chi connectivity index (χ4v) is 3.02. The summed E-state index contributed by atoms with van der Waals surface area (Å²) in [6.07, 6.45) is -5.68. The molecule has 0 bridgehead atoms. The van der Waals surface area contributed by atoms with Crippen molar-refractivity contribution in [2.24, 2.45) is 0 Å². The SMILES string of the molecule is COc1ccc([C@@H]2O[C@@H]3[C@@H](O[C@H]2C)O[C@H](CO)[C@@H](O)[C@@H]3O)cc1. The van der Waals surface area contributed by atoms with Crippen LogP contribution in [0.15, 0.2) is 24.3 Å². The molecule has 1 aromatic rings. The lowest BCUT2D eigenvalue weighted by molar-refractivity contribution is -0.366. The summed E-state index contributed by atoms with van der Waals surface area (Å²) in [7, 11) is 1.59. The lowest BCUT2D eigenvalue weighted by atomic mass is 9.96. The molecule has 3 N–H and O–H groups in total. The fourth-order valence-electron chi connectivity index (χ4n) is 3.02. The molecule has 2 fully saturated rings. The smallest absolute Gasteiger partial charge is 0.187 e. The van der Waals surface area contributed by atoms with Crippen molar-refractivity contribution in [1.29, 1.82) is 0 Å². The van der Waals surface area contributed by atoms with Gasteiger partial charge in [-0.1, -0.05) is 12.1 Å². The molecule has 3 rings (SSSR count). The van der Waals surface area contributed by atoms with E-state index in [1.165, 1.54) is 0 Å². The van der Waals surface area contributed by atoms with Crippen LogP contribution in [-0.4, -0.2) is 65.8 Å². The van der Waals surface area contributed by atoms with Crippen molar-refractivity contribution in [3.63, 3.8) is 0 Å². The first-order valence-electron chi connectivity index (χ1n) is 7.62. The van der Waals surface area contributed by atoms with Gasteiger partial charge in [-0.3, -0.25) is 0 Å². The minimum absolute atomic E-state index is 0.313. The van der Waals surface area contributed by atoms with Gasteiger partial charge in [-0.25, -0.2) is 0 Å². The molecule has 7 nitrogen and oxygen atoms in total. The number of ether oxygens (including phenoxy) is 4. The van der Waals surface area contributed by atoms with Crippen LogP contribution in [0.1, 0.15) is 18.6 Å². The molecule has 0 aliphatic carbocycles. The molecule has 23 heavy (non-hydrogen) atoms. The first-order valence-corrected chi connectivity index (χ1v) is 7.62. The maximum absolute atomic E-state index is 10.2. The number of methoxy groups -OCH3 is 1.